The molecule has 5 nitrogen and oxygen atoms in total. The van der Waals surface area contributed by atoms with Crippen LogP contribution in [-0.2, 0) is 0 Å². The van der Waals surface area contributed by atoms with Gasteiger partial charge in [0, 0.05) is 34.0 Å². The minimum Gasteiger partial charge on any atom is -0.506 e. The molecule has 1 aromatic heterocycles. The summed E-state index contributed by atoms with van der Waals surface area (Å²) in [5.41, 5.74) is 4.13. The highest BCUT2D eigenvalue weighted by atomic mass is 16.3. The number of aliphatic hydroxyl groups is 1. The van der Waals surface area contributed by atoms with Gasteiger partial charge in [-0.2, -0.15) is 0 Å². The Morgan fingerprint density at radius 2 is 2.04 bits per heavy atom. The van der Waals surface area contributed by atoms with E-state index < -0.39 is 6.23 Å². The van der Waals surface area contributed by atoms with Crippen LogP contribution in [0.15, 0.2) is 48.7 Å². The molecule has 0 bridgehead atoms. The molecule has 2 aromatic carbocycles. The molecule has 0 saturated carbocycles. The minimum atomic E-state index is -0.859. The van der Waals surface area contributed by atoms with E-state index in [4.69, 9.17) is 0 Å². The van der Waals surface area contributed by atoms with Crippen molar-refractivity contribution in [2.24, 2.45) is 0 Å². The van der Waals surface area contributed by atoms with E-state index >= 15 is 0 Å². The first-order valence-corrected chi connectivity index (χ1v) is 7.50. The zero-order valence-electron chi connectivity index (χ0n) is 12.6. The van der Waals surface area contributed by atoms with Crippen LogP contribution >= 0.6 is 0 Å². The Labute approximate surface area is 137 Å². The van der Waals surface area contributed by atoms with Crippen LogP contribution in [0.3, 0.4) is 0 Å². The van der Waals surface area contributed by atoms with Crippen LogP contribution in [0.1, 0.15) is 21.5 Å². The fraction of sp³-hybridized carbons (Fsp3) is 0.0526. The Bertz CT molecular complexity index is 995. The lowest BCUT2D eigenvalue weighted by molar-refractivity contribution is 0.112. The predicted octanol–water partition coefficient (Wildman–Crippen LogP) is 3.04. The number of phenols is 1. The summed E-state index contributed by atoms with van der Waals surface area (Å²) < 4.78 is 0. The van der Waals surface area contributed by atoms with E-state index in [2.05, 4.69) is 10.3 Å². The molecule has 2 heterocycles. The molecule has 0 saturated heterocycles. The first-order chi connectivity index (χ1) is 11.7. The number of benzene rings is 2. The average molecular weight is 318 g/mol. The maximum Gasteiger partial charge on any atom is 0.151 e. The molecule has 118 valence electrons. The molecule has 0 spiro atoms. The van der Waals surface area contributed by atoms with Gasteiger partial charge in [0.05, 0.1) is 0 Å². The molecule has 0 radical (unpaired) electrons. The summed E-state index contributed by atoms with van der Waals surface area (Å²) in [5.74, 6) is 0.112. The zero-order valence-corrected chi connectivity index (χ0v) is 12.6. The highest BCUT2D eigenvalue weighted by Crippen LogP contribution is 2.37. The van der Waals surface area contributed by atoms with Crippen molar-refractivity contribution in [2.45, 2.75) is 6.23 Å². The minimum absolute atomic E-state index is 0.112. The standard InChI is InChI=1S/C19H14N2O3/c22-10-11-3-5-16-14(8-11)15(19(24)21-16)9-12-4-6-17(23)18-13(12)2-1-7-20-18/h1-10,19,21,23-24H. The van der Waals surface area contributed by atoms with E-state index in [9.17, 15) is 15.0 Å². The normalized spacial score (nSPS) is 17.7. The number of pyridine rings is 1. The number of aromatic nitrogens is 1. The first-order valence-electron chi connectivity index (χ1n) is 7.50. The molecule has 0 amide bonds. The molecule has 4 rings (SSSR count). The van der Waals surface area contributed by atoms with Crippen molar-refractivity contribution < 1.29 is 15.0 Å². The van der Waals surface area contributed by atoms with Crippen LogP contribution in [0.25, 0.3) is 22.6 Å². The van der Waals surface area contributed by atoms with Crippen LogP contribution < -0.4 is 5.32 Å². The van der Waals surface area contributed by atoms with Gasteiger partial charge < -0.3 is 15.5 Å². The fourth-order valence-corrected chi connectivity index (χ4v) is 3.00. The number of rotatable bonds is 2. The third kappa shape index (κ3) is 2.23. The van der Waals surface area contributed by atoms with Crippen molar-refractivity contribution in [3.63, 3.8) is 0 Å². The van der Waals surface area contributed by atoms with Crippen molar-refractivity contribution in [3.8, 4) is 5.75 Å². The molecule has 24 heavy (non-hydrogen) atoms. The topological polar surface area (TPSA) is 82.5 Å². The number of carbonyl (C=O) groups is 1. The van der Waals surface area contributed by atoms with Gasteiger partial charge in [0.25, 0.3) is 0 Å². The molecule has 3 N–H and O–H groups in total. The number of phenolic OH excluding ortho intramolecular Hbond substituents is 1. The van der Waals surface area contributed by atoms with Gasteiger partial charge in [0.15, 0.2) is 6.23 Å². The number of nitrogens with zero attached hydrogens (tertiary/aromatic N) is 1. The van der Waals surface area contributed by atoms with E-state index in [1.165, 1.54) is 0 Å². The number of fused-ring (bicyclic) bond motifs is 2. The van der Waals surface area contributed by atoms with Gasteiger partial charge in [-0.1, -0.05) is 12.1 Å². The fourth-order valence-electron chi connectivity index (χ4n) is 3.00. The lowest BCUT2D eigenvalue weighted by Gasteiger charge is -2.08. The van der Waals surface area contributed by atoms with Crippen LogP contribution in [0.4, 0.5) is 5.69 Å². The Morgan fingerprint density at radius 3 is 2.88 bits per heavy atom. The van der Waals surface area contributed by atoms with Crippen LogP contribution in [0, 0.1) is 0 Å². The third-order valence-electron chi connectivity index (χ3n) is 4.17. The summed E-state index contributed by atoms with van der Waals surface area (Å²) in [7, 11) is 0. The van der Waals surface area contributed by atoms with Gasteiger partial charge in [0.1, 0.15) is 17.6 Å². The molecule has 5 heteroatoms. The van der Waals surface area contributed by atoms with Gasteiger partial charge in [-0.3, -0.25) is 9.78 Å². The number of nitrogens with one attached hydrogen (secondary N) is 1. The molecular weight excluding hydrogens is 304 g/mol. The van der Waals surface area contributed by atoms with Gasteiger partial charge in [-0.15, -0.1) is 0 Å². The second-order valence-electron chi connectivity index (χ2n) is 5.64. The number of anilines is 1. The Morgan fingerprint density at radius 1 is 1.17 bits per heavy atom. The van der Waals surface area contributed by atoms with E-state index in [1.54, 1.807) is 42.6 Å². The number of hydrogen-bond donors (Lipinski definition) is 3. The molecule has 3 aromatic rings. The average Bonchev–Trinajstić information content (AvgIpc) is 2.92. The van der Waals surface area contributed by atoms with Gasteiger partial charge in [0.2, 0.25) is 0 Å². The lowest BCUT2D eigenvalue weighted by atomic mass is 9.99. The maximum absolute atomic E-state index is 11.0. The quantitative estimate of drug-likeness (QED) is 0.633. The second-order valence-corrected chi connectivity index (χ2v) is 5.64. The summed E-state index contributed by atoms with van der Waals surface area (Å²) in [6.45, 7) is 0. The van der Waals surface area contributed by atoms with Crippen LogP contribution in [0.2, 0.25) is 0 Å². The van der Waals surface area contributed by atoms with Crippen LogP contribution in [-0.4, -0.2) is 27.7 Å². The van der Waals surface area contributed by atoms with Gasteiger partial charge in [-0.25, -0.2) is 0 Å². The first kappa shape index (κ1) is 14.4. The van der Waals surface area contributed by atoms with E-state index in [-0.39, 0.29) is 5.75 Å². The van der Waals surface area contributed by atoms with Gasteiger partial charge >= 0.3 is 0 Å². The van der Waals surface area contributed by atoms with E-state index in [1.807, 2.05) is 12.1 Å². The molecular formula is C19H14N2O3. The molecule has 0 aliphatic carbocycles. The molecule has 1 aliphatic heterocycles. The van der Waals surface area contributed by atoms with Crippen molar-refractivity contribution in [1.82, 2.24) is 4.98 Å². The summed E-state index contributed by atoms with van der Waals surface area (Å²) in [5, 5.41) is 24.1. The predicted molar refractivity (Wildman–Crippen MR) is 92.7 cm³/mol. The van der Waals surface area contributed by atoms with Gasteiger partial charge in [-0.05, 0) is 42.0 Å². The second kappa shape index (κ2) is 5.47. The number of carbonyl (C=O) groups excluding carboxylic acids is 1. The Balaban J connectivity index is 1.92. The number of aliphatic hydroxyl groups excluding tert-OH is 1. The summed E-state index contributed by atoms with van der Waals surface area (Å²) in [4.78, 5) is 15.2. The Hall–Kier alpha value is -3.18. The van der Waals surface area contributed by atoms with Crippen LogP contribution in [0.5, 0.6) is 5.75 Å². The largest absolute Gasteiger partial charge is 0.506 e. The van der Waals surface area contributed by atoms with Crippen molar-refractivity contribution in [2.75, 3.05) is 5.32 Å². The van der Waals surface area contributed by atoms with E-state index in [0.29, 0.717) is 16.7 Å². The Kier molecular flexibility index (Phi) is 3.29. The SMILES string of the molecule is O=Cc1ccc2c(c1)C(=Cc1ccc(O)c3ncccc13)C(O)N2. The smallest absolute Gasteiger partial charge is 0.151 e. The molecule has 1 atom stereocenters. The van der Waals surface area contributed by atoms with E-state index in [0.717, 1.165) is 28.5 Å². The monoisotopic (exact) mass is 318 g/mol. The molecule has 1 aliphatic rings. The van der Waals surface area contributed by atoms with Crippen molar-refractivity contribution in [1.29, 1.82) is 0 Å². The molecule has 1 unspecified atom stereocenters. The summed E-state index contributed by atoms with van der Waals surface area (Å²) in [6, 6.07) is 12.3. The highest BCUT2D eigenvalue weighted by molar-refractivity contribution is 6.01. The highest BCUT2D eigenvalue weighted by Gasteiger charge is 2.24. The third-order valence-corrected chi connectivity index (χ3v) is 4.17. The zero-order chi connectivity index (χ0) is 16.7. The summed E-state index contributed by atoms with van der Waals surface area (Å²) >= 11 is 0. The van der Waals surface area contributed by atoms with Crippen molar-refractivity contribution in [3.05, 3.63) is 65.4 Å². The van der Waals surface area contributed by atoms with Crippen molar-refractivity contribution >= 4 is 34.5 Å². The molecule has 0 fully saturated rings. The lowest BCUT2D eigenvalue weighted by Crippen LogP contribution is -2.12. The number of aromatic hydroxyl groups is 1. The summed E-state index contributed by atoms with van der Waals surface area (Å²) in [6.07, 6.45) is 3.39. The number of aldehydes is 1. The number of hydrogen-bond acceptors (Lipinski definition) is 5. The maximum atomic E-state index is 11.0.